The molecule has 1 aromatic heterocycles. The van der Waals surface area contributed by atoms with Crippen LogP contribution in [0, 0.1) is 21.4 Å². The number of non-ortho nitro benzene ring substituents is 1. The molecular formula is C14H12N4O3. The third-order valence-electron chi connectivity index (χ3n) is 2.81. The topological polar surface area (TPSA) is 115 Å². The lowest BCUT2D eigenvalue weighted by Crippen LogP contribution is -2.04. The number of rotatable bonds is 5. The Morgan fingerprint density at radius 2 is 2.19 bits per heavy atom. The van der Waals surface area contributed by atoms with E-state index >= 15 is 0 Å². The molecule has 0 bridgehead atoms. The summed E-state index contributed by atoms with van der Waals surface area (Å²) < 4.78 is 5.61. The van der Waals surface area contributed by atoms with E-state index in [9.17, 15) is 10.1 Å². The summed E-state index contributed by atoms with van der Waals surface area (Å²) in [5.74, 6) is 0.485. The van der Waals surface area contributed by atoms with Gasteiger partial charge in [0, 0.05) is 30.4 Å². The minimum atomic E-state index is -0.481. The fourth-order valence-electron chi connectivity index (χ4n) is 1.77. The monoisotopic (exact) mass is 284 g/mol. The van der Waals surface area contributed by atoms with Gasteiger partial charge in [-0.25, -0.2) is 4.98 Å². The predicted molar refractivity (Wildman–Crippen MR) is 74.3 cm³/mol. The summed E-state index contributed by atoms with van der Waals surface area (Å²) in [6, 6.07) is 9.57. The molecule has 1 heterocycles. The zero-order valence-corrected chi connectivity index (χ0v) is 11.0. The number of hydrogen-bond acceptors (Lipinski definition) is 6. The summed E-state index contributed by atoms with van der Waals surface area (Å²) in [7, 11) is 0. The van der Waals surface area contributed by atoms with Crippen molar-refractivity contribution in [3.05, 3.63) is 63.5 Å². The van der Waals surface area contributed by atoms with Crippen molar-refractivity contribution in [2.75, 3.05) is 0 Å². The Kier molecular flexibility index (Phi) is 4.43. The van der Waals surface area contributed by atoms with Crippen molar-refractivity contribution < 1.29 is 9.66 Å². The van der Waals surface area contributed by atoms with E-state index in [1.807, 2.05) is 6.07 Å². The maximum absolute atomic E-state index is 10.7. The molecule has 2 aromatic rings. The number of pyridine rings is 1. The van der Waals surface area contributed by atoms with Crippen molar-refractivity contribution in [1.29, 1.82) is 5.26 Å². The van der Waals surface area contributed by atoms with E-state index in [4.69, 9.17) is 15.7 Å². The van der Waals surface area contributed by atoms with Crippen LogP contribution in [0.15, 0.2) is 36.5 Å². The standard InChI is InChI=1S/C14H12N4O3/c15-7-11-6-13(18(19)20)1-2-14(11)21-9-10-3-4-17-12(5-10)8-16/h1-6H,7,9,15H2. The average molecular weight is 284 g/mol. The molecule has 7 heteroatoms. The Labute approximate surface area is 120 Å². The highest BCUT2D eigenvalue weighted by molar-refractivity contribution is 5.43. The fourth-order valence-corrected chi connectivity index (χ4v) is 1.77. The number of nitrogens with zero attached hydrogens (tertiary/aromatic N) is 3. The molecule has 21 heavy (non-hydrogen) atoms. The van der Waals surface area contributed by atoms with Gasteiger partial charge in [0.05, 0.1) is 4.92 Å². The molecule has 0 aliphatic rings. The van der Waals surface area contributed by atoms with Crippen LogP contribution in [0.2, 0.25) is 0 Å². The quantitative estimate of drug-likeness (QED) is 0.662. The second-order valence-corrected chi connectivity index (χ2v) is 4.20. The van der Waals surface area contributed by atoms with Gasteiger partial charge in [0.15, 0.2) is 0 Å². The number of benzene rings is 1. The van der Waals surface area contributed by atoms with Crippen molar-refractivity contribution in [2.24, 2.45) is 5.73 Å². The van der Waals surface area contributed by atoms with Crippen LogP contribution in [-0.4, -0.2) is 9.91 Å². The molecule has 0 aliphatic carbocycles. The first-order valence-electron chi connectivity index (χ1n) is 6.09. The van der Waals surface area contributed by atoms with Gasteiger partial charge in [-0.1, -0.05) is 0 Å². The van der Waals surface area contributed by atoms with E-state index in [0.29, 0.717) is 17.0 Å². The molecule has 106 valence electrons. The molecule has 0 fully saturated rings. The molecule has 0 unspecified atom stereocenters. The van der Waals surface area contributed by atoms with Crippen molar-refractivity contribution in [2.45, 2.75) is 13.2 Å². The lowest BCUT2D eigenvalue weighted by atomic mass is 10.1. The summed E-state index contributed by atoms with van der Waals surface area (Å²) in [5, 5.41) is 19.5. The zero-order valence-electron chi connectivity index (χ0n) is 11.0. The summed E-state index contributed by atoms with van der Waals surface area (Å²) in [6.07, 6.45) is 1.52. The van der Waals surface area contributed by atoms with Gasteiger partial charge in [0.25, 0.3) is 5.69 Å². The number of nitriles is 1. The Morgan fingerprint density at radius 3 is 2.86 bits per heavy atom. The zero-order chi connectivity index (χ0) is 15.2. The SMILES string of the molecule is N#Cc1cc(COc2ccc([N+](=O)[O-])cc2CN)ccn1. The largest absolute Gasteiger partial charge is 0.489 e. The van der Waals surface area contributed by atoms with E-state index in [-0.39, 0.29) is 18.8 Å². The third-order valence-corrected chi connectivity index (χ3v) is 2.81. The summed E-state index contributed by atoms with van der Waals surface area (Å²) in [5.41, 5.74) is 7.19. The molecule has 0 amide bonds. The Hall–Kier alpha value is -2.98. The molecule has 0 atom stereocenters. The second kappa shape index (κ2) is 6.45. The molecule has 0 aliphatic heterocycles. The molecule has 7 nitrogen and oxygen atoms in total. The lowest BCUT2D eigenvalue weighted by molar-refractivity contribution is -0.384. The van der Waals surface area contributed by atoms with Gasteiger partial charge in [-0.3, -0.25) is 10.1 Å². The number of nitro groups is 1. The number of nitro benzene ring substituents is 1. The first-order valence-corrected chi connectivity index (χ1v) is 6.09. The maximum Gasteiger partial charge on any atom is 0.270 e. The first-order chi connectivity index (χ1) is 10.1. The normalized spacial score (nSPS) is 9.90. The van der Waals surface area contributed by atoms with E-state index in [2.05, 4.69) is 4.98 Å². The number of hydrogen-bond donors (Lipinski definition) is 1. The maximum atomic E-state index is 10.7. The average Bonchev–Trinajstić information content (AvgIpc) is 2.52. The first kappa shape index (κ1) is 14.4. The van der Waals surface area contributed by atoms with Crippen LogP contribution in [0.4, 0.5) is 5.69 Å². The second-order valence-electron chi connectivity index (χ2n) is 4.20. The van der Waals surface area contributed by atoms with Gasteiger partial charge in [0.1, 0.15) is 24.1 Å². The van der Waals surface area contributed by atoms with Crippen molar-refractivity contribution in [3.8, 4) is 11.8 Å². The van der Waals surface area contributed by atoms with E-state index in [1.165, 1.54) is 24.4 Å². The van der Waals surface area contributed by atoms with Crippen molar-refractivity contribution in [1.82, 2.24) is 4.98 Å². The molecule has 0 spiro atoms. The van der Waals surface area contributed by atoms with Crippen LogP contribution in [0.1, 0.15) is 16.8 Å². The Bertz CT molecular complexity index is 710. The summed E-state index contributed by atoms with van der Waals surface area (Å²) in [6.45, 7) is 0.360. The summed E-state index contributed by atoms with van der Waals surface area (Å²) >= 11 is 0. The van der Waals surface area contributed by atoms with Gasteiger partial charge in [0.2, 0.25) is 0 Å². The highest BCUT2D eigenvalue weighted by Gasteiger charge is 2.11. The van der Waals surface area contributed by atoms with Crippen LogP contribution in [0.3, 0.4) is 0 Å². The van der Waals surface area contributed by atoms with Gasteiger partial charge in [-0.05, 0) is 23.8 Å². The van der Waals surface area contributed by atoms with Crippen LogP contribution >= 0.6 is 0 Å². The lowest BCUT2D eigenvalue weighted by Gasteiger charge is -2.10. The van der Waals surface area contributed by atoms with Gasteiger partial charge in [-0.15, -0.1) is 0 Å². The van der Waals surface area contributed by atoms with Crippen LogP contribution in [0.5, 0.6) is 5.75 Å². The smallest absolute Gasteiger partial charge is 0.270 e. The molecule has 2 rings (SSSR count). The van der Waals surface area contributed by atoms with Crippen LogP contribution in [-0.2, 0) is 13.2 Å². The number of aromatic nitrogens is 1. The fraction of sp³-hybridized carbons (Fsp3) is 0.143. The van der Waals surface area contributed by atoms with Gasteiger partial charge < -0.3 is 10.5 Å². The van der Waals surface area contributed by atoms with Crippen molar-refractivity contribution >= 4 is 5.69 Å². The molecule has 1 aromatic carbocycles. The highest BCUT2D eigenvalue weighted by atomic mass is 16.6. The van der Waals surface area contributed by atoms with E-state index < -0.39 is 4.92 Å². The Morgan fingerprint density at radius 1 is 1.38 bits per heavy atom. The molecular weight excluding hydrogens is 272 g/mol. The molecule has 0 radical (unpaired) electrons. The van der Waals surface area contributed by atoms with E-state index in [1.54, 1.807) is 12.1 Å². The number of nitrogens with two attached hydrogens (primary N) is 1. The highest BCUT2D eigenvalue weighted by Crippen LogP contribution is 2.24. The van der Waals surface area contributed by atoms with Gasteiger partial charge in [-0.2, -0.15) is 5.26 Å². The van der Waals surface area contributed by atoms with Gasteiger partial charge >= 0.3 is 0 Å². The summed E-state index contributed by atoms with van der Waals surface area (Å²) in [4.78, 5) is 14.1. The third kappa shape index (κ3) is 3.52. The van der Waals surface area contributed by atoms with Crippen LogP contribution in [0.25, 0.3) is 0 Å². The minimum Gasteiger partial charge on any atom is -0.489 e. The Balaban J connectivity index is 2.16. The van der Waals surface area contributed by atoms with Crippen molar-refractivity contribution in [3.63, 3.8) is 0 Å². The number of ether oxygens (including phenoxy) is 1. The molecule has 2 N–H and O–H groups in total. The predicted octanol–water partition coefficient (Wildman–Crippen LogP) is 1.90. The molecule has 0 saturated heterocycles. The van der Waals surface area contributed by atoms with E-state index in [0.717, 1.165) is 5.56 Å². The minimum absolute atomic E-state index is 0.0292. The van der Waals surface area contributed by atoms with Crippen LogP contribution < -0.4 is 10.5 Å². The molecule has 0 saturated carbocycles.